The molecule has 104 valence electrons. The van der Waals surface area contributed by atoms with Crippen LogP contribution in [0, 0.1) is 5.92 Å². The molecule has 1 aromatic rings. The van der Waals surface area contributed by atoms with Crippen molar-refractivity contribution in [2.24, 2.45) is 11.7 Å². The van der Waals surface area contributed by atoms with Gasteiger partial charge in [0.1, 0.15) is 5.82 Å². The number of aromatic nitrogens is 1. The van der Waals surface area contributed by atoms with Crippen molar-refractivity contribution in [2.75, 3.05) is 18.9 Å². The van der Waals surface area contributed by atoms with E-state index in [1.54, 1.807) is 0 Å². The van der Waals surface area contributed by atoms with Crippen LogP contribution in [0.1, 0.15) is 25.5 Å². The second kappa shape index (κ2) is 6.02. The zero-order valence-corrected chi connectivity index (χ0v) is 11.6. The molecule has 0 spiro atoms. The van der Waals surface area contributed by atoms with E-state index in [9.17, 15) is 4.79 Å². The summed E-state index contributed by atoms with van der Waals surface area (Å²) in [6.07, 6.45) is 1.91. The van der Waals surface area contributed by atoms with Crippen LogP contribution in [-0.2, 0) is 11.3 Å². The molecule has 0 bridgehead atoms. The van der Waals surface area contributed by atoms with Crippen LogP contribution in [0.25, 0.3) is 0 Å². The average molecular weight is 262 g/mol. The molecular weight excluding hydrogens is 240 g/mol. The number of anilines is 1. The van der Waals surface area contributed by atoms with Gasteiger partial charge in [-0.25, -0.2) is 4.98 Å². The Kier molecular flexibility index (Phi) is 4.37. The highest BCUT2D eigenvalue weighted by Gasteiger charge is 2.28. The maximum Gasteiger partial charge on any atom is 0.221 e. The van der Waals surface area contributed by atoms with Crippen LogP contribution in [-0.4, -0.2) is 35.4 Å². The van der Waals surface area contributed by atoms with E-state index in [0.717, 1.165) is 37.4 Å². The second-order valence-corrected chi connectivity index (χ2v) is 5.22. The molecule has 2 heterocycles. The molecule has 1 amide bonds. The number of likely N-dealkylation sites (tertiary alicyclic amines) is 1. The first-order chi connectivity index (χ1) is 9.10. The molecule has 1 aliphatic heterocycles. The molecule has 1 saturated heterocycles. The van der Waals surface area contributed by atoms with E-state index >= 15 is 0 Å². The number of hydrogen-bond acceptors (Lipinski definition) is 4. The Labute approximate surface area is 114 Å². The molecule has 1 aliphatic rings. The number of nitrogens with two attached hydrogens (primary N) is 1. The van der Waals surface area contributed by atoms with E-state index < -0.39 is 0 Å². The van der Waals surface area contributed by atoms with Crippen LogP contribution in [0.5, 0.6) is 0 Å². The third-order valence-corrected chi connectivity index (χ3v) is 3.84. The summed E-state index contributed by atoms with van der Waals surface area (Å²) in [7, 11) is 1.86. The Hall–Kier alpha value is -1.62. The van der Waals surface area contributed by atoms with Crippen molar-refractivity contribution in [3.8, 4) is 0 Å². The van der Waals surface area contributed by atoms with Gasteiger partial charge in [0, 0.05) is 26.2 Å². The van der Waals surface area contributed by atoms with Crippen molar-refractivity contribution < 1.29 is 4.79 Å². The first-order valence-corrected chi connectivity index (χ1v) is 6.77. The van der Waals surface area contributed by atoms with Crippen LogP contribution < -0.4 is 11.1 Å². The van der Waals surface area contributed by atoms with E-state index in [2.05, 4.69) is 22.1 Å². The Morgan fingerprint density at radius 3 is 3.00 bits per heavy atom. The van der Waals surface area contributed by atoms with E-state index in [1.165, 1.54) is 0 Å². The minimum Gasteiger partial charge on any atom is -0.373 e. The maximum atomic E-state index is 11.3. The molecule has 2 unspecified atom stereocenters. The molecule has 1 aromatic heterocycles. The lowest BCUT2D eigenvalue weighted by Gasteiger charge is -2.36. The number of nitrogens with zero attached hydrogens (tertiary/aromatic N) is 2. The van der Waals surface area contributed by atoms with Crippen molar-refractivity contribution in [3.05, 3.63) is 23.9 Å². The Bertz CT molecular complexity index is 449. The van der Waals surface area contributed by atoms with Gasteiger partial charge in [0.15, 0.2) is 0 Å². The van der Waals surface area contributed by atoms with E-state index in [0.29, 0.717) is 6.04 Å². The van der Waals surface area contributed by atoms with Crippen molar-refractivity contribution in [1.29, 1.82) is 0 Å². The summed E-state index contributed by atoms with van der Waals surface area (Å²) < 4.78 is 0. The lowest BCUT2D eigenvalue weighted by molar-refractivity contribution is -0.124. The summed E-state index contributed by atoms with van der Waals surface area (Å²) in [5, 5.41) is 3.04. The molecule has 5 nitrogen and oxygen atoms in total. The average Bonchev–Trinajstić information content (AvgIpc) is 2.41. The third-order valence-electron chi connectivity index (χ3n) is 3.84. The largest absolute Gasteiger partial charge is 0.373 e. The number of carbonyl (C=O) groups is 1. The van der Waals surface area contributed by atoms with Gasteiger partial charge < -0.3 is 11.1 Å². The Balaban J connectivity index is 2.05. The fourth-order valence-corrected chi connectivity index (χ4v) is 2.55. The highest BCUT2D eigenvalue weighted by atomic mass is 16.1. The number of piperidine rings is 1. The minimum atomic E-state index is -0.186. The third kappa shape index (κ3) is 3.44. The van der Waals surface area contributed by atoms with Gasteiger partial charge in [-0.05, 0) is 31.9 Å². The highest BCUT2D eigenvalue weighted by Crippen LogP contribution is 2.23. The molecule has 1 fully saturated rings. The maximum absolute atomic E-state index is 11.3. The molecule has 5 heteroatoms. The second-order valence-electron chi connectivity index (χ2n) is 5.22. The van der Waals surface area contributed by atoms with Gasteiger partial charge in [-0.1, -0.05) is 6.07 Å². The number of primary amides is 1. The van der Waals surface area contributed by atoms with E-state index in [4.69, 9.17) is 5.73 Å². The van der Waals surface area contributed by atoms with Crippen LogP contribution in [0.4, 0.5) is 5.82 Å². The van der Waals surface area contributed by atoms with Gasteiger partial charge in [-0.15, -0.1) is 0 Å². The molecular formula is C14H22N4O. The number of amides is 1. The van der Waals surface area contributed by atoms with Gasteiger partial charge in [0.2, 0.25) is 5.91 Å². The van der Waals surface area contributed by atoms with Crippen LogP contribution in [0.3, 0.4) is 0 Å². The lowest BCUT2D eigenvalue weighted by Crippen LogP contribution is -2.45. The van der Waals surface area contributed by atoms with E-state index in [-0.39, 0.29) is 11.8 Å². The molecule has 0 aromatic carbocycles. The summed E-state index contributed by atoms with van der Waals surface area (Å²) in [5.41, 5.74) is 6.44. The summed E-state index contributed by atoms with van der Waals surface area (Å²) in [4.78, 5) is 18.1. The van der Waals surface area contributed by atoms with Crippen molar-refractivity contribution >= 4 is 11.7 Å². The lowest BCUT2D eigenvalue weighted by atomic mass is 9.93. The first-order valence-electron chi connectivity index (χ1n) is 6.77. The van der Waals surface area contributed by atoms with Crippen LogP contribution in [0.2, 0.25) is 0 Å². The normalized spacial score (nSPS) is 24.1. The monoisotopic (exact) mass is 262 g/mol. The predicted octanol–water partition coefficient (Wildman–Crippen LogP) is 1.21. The van der Waals surface area contributed by atoms with Gasteiger partial charge in [0.25, 0.3) is 0 Å². The van der Waals surface area contributed by atoms with Crippen molar-refractivity contribution in [3.63, 3.8) is 0 Å². The number of rotatable bonds is 4. The number of carbonyl (C=O) groups excluding carboxylic acids is 1. The standard InChI is InChI=1S/C14H22N4O/c1-10-6-7-11(14(15)19)8-18(10)9-12-4-3-5-13(16-2)17-12/h3-5,10-11H,6-9H2,1-2H3,(H2,15,19)(H,16,17). The fraction of sp³-hybridized carbons (Fsp3) is 0.571. The SMILES string of the molecule is CNc1cccc(CN2CC(C(N)=O)CCC2C)n1. The minimum absolute atomic E-state index is 0.0244. The van der Waals surface area contributed by atoms with Crippen LogP contribution >= 0.6 is 0 Å². The molecule has 0 aliphatic carbocycles. The number of pyridine rings is 1. The van der Waals surface area contributed by atoms with Gasteiger partial charge in [-0.2, -0.15) is 0 Å². The zero-order valence-electron chi connectivity index (χ0n) is 11.6. The Morgan fingerprint density at radius 1 is 1.53 bits per heavy atom. The predicted molar refractivity (Wildman–Crippen MR) is 75.6 cm³/mol. The molecule has 0 radical (unpaired) electrons. The molecule has 2 atom stereocenters. The number of nitrogens with one attached hydrogen (secondary N) is 1. The smallest absolute Gasteiger partial charge is 0.221 e. The van der Waals surface area contributed by atoms with Gasteiger partial charge >= 0.3 is 0 Å². The molecule has 0 saturated carbocycles. The highest BCUT2D eigenvalue weighted by molar-refractivity contribution is 5.76. The first kappa shape index (κ1) is 13.8. The fourth-order valence-electron chi connectivity index (χ4n) is 2.55. The summed E-state index contributed by atoms with van der Waals surface area (Å²) >= 11 is 0. The van der Waals surface area contributed by atoms with Crippen molar-refractivity contribution in [2.45, 2.75) is 32.4 Å². The van der Waals surface area contributed by atoms with Crippen LogP contribution in [0.15, 0.2) is 18.2 Å². The topological polar surface area (TPSA) is 71.2 Å². The Morgan fingerprint density at radius 2 is 2.32 bits per heavy atom. The summed E-state index contributed by atoms with van der Waals surface area (Å²) in [6.45, 7) is 3.70. The van der Waals surface area contributed by atoms with Crippen molar-refractivity contribution in [1.82, 2.24) is 9.88 Å². The zero-order chi connectivity index (χ0) is 13.8. The quantitative estimate of drug-likeness (QED) is 0.855. The molecule has 19 heavy (non-hydrogen) atoms. The molecule has 3 N–H and O–H groups in total. The van der Waals surface area contributed by atoms with Gasteiger partial charge in [-0.3, -0.25) is 9.69 Å². The summed E-state index contributed by atoms with van der Waals surface area (Å²) in [5.74, 6) is 0.658. The van der Waals surface area contributed by atoms with Gasteiger partial charge in [0.05, 0.1) is 11.6 Å². The molecule has 2 rings (SSSR count). The number of hydrogen-bond donors (Lipinski definition) is 2. The summed E-state index contributed by atoms with van der Waals surface area (Å²) in [6, 6.07) is 6.42. The van der Waals surface area contributed by atoms with E-state index in [1.807, 2.05) is 25.2 Å².